The second-order valence-electron chi connectivity index (χ2n) is 4.21. The molecule has 0 amide bonds. The molecule has 1 atom stereocenters. The lowest BCUT2D eigenvalue weighted by Gasteiger charge is -2.38. The molecule has 15 heavy (non-hydrogen) atoms. The summed E-state index contributed by atoms with van der Waals surface area (Å²) in [4.78, 5) is 4.70. The van der Waals surface area contributed by atoms with Crippen molar-refractivity contribution in [2.75, 3.05) is 45.9 Å². The van der Waals surface area contributed by atoms with Crippen LogP contribution < -0.4 is 5.73 Å². The van der Waals surface area contributed by atoms with Crippen LogP contribution in [0.25, 0.3) is 0 Å². The van der Waals surface area contributed by atoms with Gasteiger partial charge in [0.05, 0.1) is 0 Å². The molecule has 4 heteroatoms. The van der Waals surface area contributed by atoms with E-state index in [1.54, 1.807) is 0 Å². The van der Waals surface area contributed by atoms with E-state index in [0.717, 1.165) is 39.1 Å². The molecule has 0 bridgehead atoms. The highest BCUT2D eigenvalue weighted by Crippen LogP contribution is 2.11. The van der Waals surface area contributed by atoms with Gasteiger partial charge in [-0.25, -0.2) is 4.39 Å². The molecule has 0 aromatic heterocycles. The van der Waals surface area contributed by atoms with Crippen molar-refractivity contribution in [2.45, 2.75) is 25.8 Å². The molecule has 1 saturated heterocycles. The summed E-state index contributed by atoms with van der Waals surface area (Å²) in [5.41, 5.74) is 5.60. The first kappa shape index (κ1) is 12.9. The Morgan fingerprint density at radius 3 is 2.40 bits per heavy atom. The normalized spacial score (nSPS) is 21.8. The third kappa shape index (κ3) is 4.05. The van der Waals surface area contributed by atoms with Crippen LogP contribution >= 0.6 is 0 Å². The number of nitrogens with zero attached hydrogens (tertiary/aromatic N) is 2. The van der Waals surface area contributed by atoms with Gasteiger partial charge in [0.15, 0.2) is 0 Å². The van der Waals surface area contributed by atoms with Crippen LogP contribution in [0.4, 0.5) is 4.39 Å². The van der Waals surface area contributed by atoms with Crippen LogP contribution in [0.1, 0.15) is 19.8 Å². The van der Waals surface area contributed by atoms with E-state index in [1.807, 2.05) is 0 Å². The van der Waals surface area contributed by atoms with Crippen molar-refractivity contribution >= 4 is 0 Å². The van der Waals surface area contributed by atoms with E-state index in [1.165, 1.54) is 6.42 Å². The molecule has 0 aromatic rings. The zero-order valence-corrected chi connectivity index (χ0v) is 9.79. The summed E-state index contributed by atoms with van der Waals surface area (Å²) in [5, 5.41) is 0. The van der Waals surface area contributed by atoms with Gasteiger partial charge in [-0.1, -0.05) is 6.92 Å². The van der Waals surface area contributed by atoms with Gasteiger partial charge < -0.3 is 5.73 Å². The third-order valence-corrected chi connectivity index (χ3v) is 3.30. The predicted octanol–water partition coefficient (Wildman–Crippen LogP) is 0.701. The lowest BCUT2D eigenvalue weighted by atomic mass is 10.1. The summed E-state index contributed by atoms with van der Waals surface area (Å²) in [6, 6.07) is 0.627. The van der Waals surface area contributed by atoms with Crippen LogP contribution in [0.5, 0.6) is 0 Å². The molecule has 1 aliphatic rings. The first-order valence-corrected chi connectivity index (χ1v) is 6.04. The Balaban J connectivity index is 2.28. The van der Waals surface area contributed by atoms with Gasteiger partial charge in [-0.05, 0) is 19.4 Å². The summed E-state index contributed by atoms with van der Waals surface area (Å²) >= 11 is 0. The average Bonchev–Trinajstić information content (AvgIpc) is 2.28. The van der Waals surface area contributed by atoms with Gasteiger partial charge in [0, 0.05) is 38.8 Å². The molecule has 0 spiro atoms. The topological polar surface area (TPSA) is 32.5 Å². The zero-order chi connectivity index (χ0) is 11.1. The van der Waals surface area contributed by atoms with E-state index in [0.29, 0.717) is 12.6 Å². The largest absolute Gasteiger partial charge is 0.330 e. The summed E-state index contributed by atoms with van der Waals surface area (Å²) < 4.78 is 12.1. The predicted molar refractivity (Wildman–Crippen MR) is 61.7 cm³/mol. The van der Waals surface area contributed by atoms with E-state index in [2.05, 4.69) is 16.7 Å². The molecule has 0 aliphatic carbocycles. The quantitative estimate of drug-likeness (QED) is 0.711. The number of halogens is 1. The third-order valence-electron chi connectivity index (χ3n) is 3.30. The number of nitrogens with two attached hydrogens (primary N) is 1. The van der Waals surface area contributed by atoms with E-state index in [-0.39, 0.29) is 6.67 Å². The zero-order valence-electron chi connectivity index (χ0n) is 9.79. The maximum Gasteiger partial charge on any atom is 0.102 e. The van der Waals surface area contributed by atoms with E-state index < -0.39 is 0 Å². The first-order chi connectivity index (χ1) is 7.31. The van der Waals surface area contributed by atoms with E-state index in [4.69, 9.17) is 5.73 Å². The number of alkyl halides is 1. The maximum absolute atomic E-state index is 12.1. The summed E-state index contributed by atoms with van der Waals surface area (Å²) in [7, 11) is 0. The SMILES string of the molecule is CCC(CCN)N1CCN(CCF)CC1. The van der Waals surface area contributed by atoms with E-state index >= 15 is 0 Å². The molecule has 2 N–H and O–H groups in total. The molecule has 0 radical (unpaired) electrons. The van der Waals surface area contributed by atoms with E-state index in [9.17, 15) is 4.39 Å². The van der Waals surface area contributed by atoms with Crippen LogP contribution in [0.2, 0.25) is 0 Å². The Hall–Kier alpha value is -0.190. The van der Waals surface area contributed by atoms with Crippen molar-refractivity contribution in [3.63, 3.8) is 0 Å². The van der Waals surface area contributed by atoms with Gasteiger partial charge in [-0.3, -0.25) is 9.80 Å². The van der Waals surface area contributed by atoms with Crippen molar-refractivity contribution in [2.24, 2.45) is 5.73 Å². The average molecular weight is 217 g/mol. The van der Waals surface area contributed by atoms with Gasteiger partial charge in [-0.15, -0.1) is 0 Å². The van der Waals surface area contributed by atoms with Crippen molar-refractivity contribution < 1.29 is 4.39 Å². The molecular weight excluding hydrogens is 193 g/mol. The number of rotatable bonds is 6. The molecule has 90 valence electrons. The second-order valence-corrected chi connectivity index (χ2v) is 4.21. The molecular formula is C11H24FN3. The molecule has 1 fully saturated rings. The highest BCUT2D eigenvalue weighted by molar-refractivity contribution is 4.78. The molecule has 1 aliphatic heterocycles. The standard InChI is InChI=1S/C11H24FN3/c1-2-11(3-5-13)15-9-7-14(6-4-12)8-10-15/h11H,2-10,13H2,1H3. The Morgan fingerprint density at radius 2 is 1.93 bits per heavy atom. The molecule has 1 unspecified atom stereocenters. The van der Waals surface area contributed by atoms with Crippen molar-refractivity contribution in [3.05, 3.63) is 0 Å². The van der Waals surface area contributed by atoms with Crippen LogP contribution in [-0.4, -0.2) is 61.8 Å². The fraction of sp³-hybridized carbons (Fsp3) is 1.00. The minimum Gasteiger partial charge on any atom is -0.330 e. The summed E-state index contributed by atoms with van der Waals surface area (Å²) in [5.74, 6) is 0. The molecule has 3 nitrogen and oxygen atoms in total. The van der Waals surface area contributed by atoms with Gasteiger partial charge in [-0.2, -0.15) is 0 Å². The summed E-state index contributed by atoms with van der Waals surface area (Å²) in [6.07, 6.45) is 2.25. The van der Waals surface area contributed by atoms with Gasteiger partial charge in [0.1, 0.15) is 6.67 Å². The Bertz CT molecular complexity index is 158. The maximum atomic E-state index is 12.1. The second kappa shape index (κ2) is 7.14. The fourth-order valence-corrected chi connectivity index (χ4v) is 2.31. The molecule has 1 heterocycles. The van der Waals surface area contributed by atoms with Crippen molar-refractivity contribution in [3.8, 4) is 0 Å². The molecule has 0 saturated carbocycles. The number of hydrogen-bond donors (Lipinski definition) is 1. The van der Waals surface area contributed by atoms with Crippen LogP contribution in [-0.2, 0) is 0 Å². The minimum absolute atomic E-state index is 0.222. The van der Waals surface area contributed by atoms with Crippen LogP contribution in [0, 0.1) is 0 Å². The smallest absolute Gasteiger partial charge is 0.102 e. The van der Waals surface area contributed by atoms with Crippen LogP contribution in [0.3, 0.4) is 0 Å². The van der Waals surface area contributed by atoms with Gasteiger partial charge in [0.2, 0.25) is 0 Å². The molecule has 1 rings (SSSR count). The van der Waals surface area contributed by atoms with Gasteiger partial charge >= 0.3 is 0 Å². The minimum atomic E-state index is -0.222. The lowest BCUT2D eigenvalue weighted by molar-refractivity contribution is 0.0874. The highest BCUT2D eigenvalue weighted by atomic mass is 19.1. The van der Waals surface area contributed by atoms with Gasteiger partial charge in [0.25, 0.3) is 0 Å². The van der Waals surface area contributed by atoms with Crippen LogP contribution in [0.15, 0.2) is 0 Å². The lowest BCUT2D eigenvalue weighted by Crippen LogP contribution is -2.50. The Labute approximate surface area is 92.4 Å². The van der Waals surface area contributed by atoms with Crippen molar-refractivity contribution in [1.82, 2.24) is 9.80 Å². The highest BCUT2D eigenvalue weighted by Gasteiger charge is 2.21. The molecule has 0 aromatic carbocycles. The number of piperazine rings is 1. The monoisotopic (exact) mass is 217 g/mol. The summed E-state index contributed by atoms with van der Waals surface area (Å²) in [6.45, 7) is 7.51. The number of hydrogen-bond acceptors (Lipinski definition) is 3. The Morgan fingerprint density at radius 1 is 1.27 bits per heavy atom. The first-order valence-electron chi connectivity index (χ1n) is 6.04. The van der Waals surface area contributed by atoms with Crippen molar-refractivity contribution in [1.29, 1.82) is 0 Å². The fourth-order valence-electron chi connectivity index (χ4n) is 2.31. The Kier molecular flexibility index (Phi) is 6.13.